The second-order valence-corrected chi connectivity index (χ2v) is 7.38. The summed E-state index contributed by atoms with van der Waals surface area (Å²) < 4.78 is 22.8. The molecule has 0 aliphatic carbocycles. The van der Waals surface area contributed by atoms with Gasteiger partial charge in [0.25, 0.3) is 0 Å². The third kappa shape index (κ3) is 3.66. The Balaban J connectivity index is 2.65. The zero-order valence-electron chi connectivity index (χ0n) is 9.72. The summed E-state index contributed by atoms with van der Waals surface area (Å²) >= 11 is 4.27. The molecule has 1 unspecified atom stereocenters. The maximum atomic E-state index is 12.0. The minimum absolute atomic E-state index is 0.0459. The van der Waals surface area contributed by atoms with Crippen LogP contribution in [0.1, 0.15) is 20.3 Å². The Morgan fingerprint density at radius 2 is 1.88 bits per heavy atom. The van der Waals surface area contributed by atoms with Gasteiger partial charge in [-0.2, -0.15) is 12.6 Å². The molecule has 0 N–H and O–H groups in total. The van der Waals surface area contributed by atoms with Gasteiger partial charge >= 0.3 is 0 Å². The molecule has 0 radical (unpaired) electrons. The van der Waals surface area contributed by atoms with Crippen LogP contribution in [0.15, 0.2) is 0 Å². The quantitative estimate of drug-likeness (QED) is 0.743. The molecule has 1 atom stereocenters. The molecule has 0 bridgehead atoms. The Bertz CT molecular complexity index is 351. The van der Waals surface area contributed by atoms with E-state index in [2.05, 4.69) is 12.6 Å². The minimum atomic E-state index is -2.95. The van der Waals surface area contributed by atoms with Gasteiger partial charge < -0.3 is 4.90 Å². The highest BCUT2D eigenvalue weighted by Crippen LogP contribution is 2.14. The lowest BCUT2D eigenvalue weighted by Crippen LogP contribution is -2.40. The van der Waals surface area contributed by atoms with Crippen LogP contribution in [0.5, 0.6) is 0 Å². The van der Waals surface area contributed by atoms with E-state index in [0.717, 1.165) is 0 Å². The number of nitrogens with zero attached hydrogens (tertiary/aromatic N) is 1. The summed E-state index contributed by atoms with van der Waals surface area (Å²) in [5, 5.41) is -0.333. The highest BCUT2D eigenvalue weighted by Gasteiger charge is 2.27. The molecule has 0 aromatic rings. The van der Waals surface area contributed by atoms with E-state index in [4.69, 9.17) is 0 Å². The number of amides is 1. The van der Waals surface area contributed by atoms with Crippen molar-refractivity contribution in [3.05, 3.63) is 0 Å². The van der Waals surface area contributed by atoms with Gasteiger partial charge in [0, 0.05) is 13.1 Å². The standard InChI is InChI=1S/C10H19NO3S2/c1-8(2)9(15)10(12)11-4-3-6-16(13,14)7-5-11/h8-9,15H,3-7H2,1-2H3. The number of thiol groups is 1. The van der Waals surface area contributed by atoms with Crippen LogP contribution in [-0.2, 0) is 14.6 Å². The summed E-state index contributed by atoms with van der Waals surface area (Å²) in [4.78, 5) is 13.6. The average molecular weight is 265 g/mol. The number of carbonyl (C=O) groups excluding carboxylic acids is 1. The third-order valence-electron chi connectivity index (χ3n) is 2.75. The van der Waals surface area contributed by atoms with E-state index in [9.17, 15) is 13.2 Å². The van der Waals surface area contributed by atoms with E-state index in [1.165, 1.54) is 0 Å². The van der Waals surface area contributed by atoms with Gasteiger partial charge in [-0.05, 0) is 12.3 Å². The van der Waals surface area contributed by atoms with Crippen LogP contribution in [0.3, 0.4) is 0 Å². The van der Waals surface area contributed by atoms with Gasteiger partial charge in [0.05, 0.1) is 16.8 Å². The SMILES string of the molecule is CC(C)C(S)C(=O)N1CCCS(=O)(=O)CC1. The van der Waals surface area contributed by atoms with Crippen molar-refractivity contribution in [2.24, 2.45) is 5.92 Å². The molecule has 1 amide bonds. The first kappa shape index (κ1) is 13.8. The Kier molecular flexibility index (Phi) is 4.67. The number of sulfone groups is 1. The van der Waals surface area contributed by atoms with Gasteiger partial charge in [-0.1, -0.05) is 13.8 Å². The summed E-state index contributed by atoms with van der Waals surface area (Å²) in [7, 11) is -2.95. The van der Waals surface area contributed by atoms with Gasteiger partial charge in [0.15, 0.2) is 9.84 Å². The molecule has 16 heavy (non-hydrogen) atoms. The molecule has 4 nitrogen and oxygen atoms in total. The zero-order chi connectivity index (χ0) is 12.3. The maximum absolute atomic E-state index is 12.0. The molecule has 6 heteroatoms. The summed E-state index contributed by atoms with van der Waals surface area (Å²) in [6.45, 7) is 4.71. The van der Waals surface area contributed by atoms with Gasteiger partial charge in [-0.25, -0.2) is 8.42 Å². The van der Waals surface area contributed by atoms with Crippen LogP contribution in [-0.4, -0.2) is 49.1 Å². The number of carbonyl (C=O) groups is 1. The van der Waals surface area contributed by atoms with Crippen LogP contribution in [0.4, 0.5) is 0 Å². The molecule has 1 rings (SSSR count). The maximum Gasteiger partial charge on any atom is 0.235 e. The van der Waals surface area contributed by atoms with Crippen molar-refractivity contribution >= 4 is 28.4 Å². The molecule has 1 fully saturated rings. The topological polar surface area (TPSA) is 54.5 Å². The lowest BCUT2D eigenvalue weighted by Gasteiger charge is -2.24. The van der Waals surface area contributed by atoms with Gasteiger partial charge in [0.1, 0.15) is 0 Å². The molecular weight excluding hydrogens is 246 g/mol. The molecule has 0 aromatic carbocycles. The lowest BCUT2D eigenvalue weighted by molar-refractivity contribution is -0.131. The summed E-state index contributed by atoms with van der Waals surface area (Å²) in [5.41, 5.74) is 0. The first-order valence-corrected chi connectivity index (χ1v) is 7.84. The second-order valence-electron chi connectivity index (χ2n) is 4.52. The Morgan fingerprint density at radius 1 is 1.25 bits per heavy atom. The van der Waals surface area contributed by atoms with Crippen molar-refractivity contribution in [1.29, 1.82) is 0 Å². The smallest absolute Gasteiger partial charge is 0.235 e. The number of rotatable bonds is 2. The van der Waals surface area contributed by atoms with Crippen LogP contribution in [0.25, 0.3) is 0 Å². The summed E-state index contributed by atoms with van der Waals surface area (Å²) in [6.07, 6.45) is 0.534. The summed E-state index contributed by atoms with van der Waals surface area (Å²) in [6, 6.07) is 0. The van der Waals surface area contributed by atoms with E-state index in [1.54, 1.807) is 4.90 Å². The first-order valence-electron chi connectivity index (χ1n) is 5.51. The van der Waals surface area contributed by atoms with E-state index < -0.39 is 9.84 Å². The van der Waals surface area contributed by atoms with Crippen molar-refractivity contribution in [2.75, 3.05) is 24.6 Å². The largest absolute Gasteiger partial charge is 0.341 e. The van der Waals surface area contributed by atoms with Crippen molar-refractivity contribution in [3.8, 4) is 0 Å². The van der Waals surface area contributed by atoms with Gasteiger partial charge in [-0.15, -0.1) is 0 Å². The molecule has 1 aliphatic heterocycles. The molecule has 1 saturated heterocycles. The van der Waals surface area contributed by atoms with E-state index >= 15 is 0 Å². The van der Waals surface area contributed by atoms with Gasteiger partial charge in [-0.3, -0.25) is 4.79 Å². The third-order valence-corrected chi connectivity index (χ3v) is 5.28. The fraction of sp³-hybridized carbons (Fsp3) is 0.900. The van der Waals surface area contributed by atoms with Crippen molar-refractivity contribution in [1.82, 2.24) is 4.90 Å². The molecular formula is C10H19NO3S2. The molecule has 0 spiro atoms. The Hall–Kier alpha value is -0.230. The monoisotopic (exact) mass is 265 g/mol. The Morgan fingerprint density at radius 3 is 2.44 bits per heavy atom. The van der Waals surface area contributed by atoms with Crippen LogP contribution in [0, 0.1) is 5.92 Å². The molecule has 1 heterocycles. The van der Waals surface area contributed by atoms with Crippen molar-refractivity contribution in [3.63, 3.8) is 0 Å². The van der Waals surface area contributed by atoms with E-state index in [-0.39, 0.29) is 28.6 Å². The van der Waals surface area contributed by atoms with E-state index in [0.29, 0.717) is 19.5 Å². The highest BCUT2D eigenvalue weighted by molar-refractivity contribution is 7.91. The van der Waals surface area contributed by atoms with Crippen molar-refractivity contribution < 1.29 is 13.2 Å². The fourth-order valence-electron chi connectivity index (χ4n) is 1.63. The van der Waals surface area contributed by atoms with Crippen LogP contribution in [0.2, 0.25) is 0 Å². The molecule has 0 aromatic heterocycles. The molecule has 94 valence electrons. The Labute approximate surface area is 103 Å². The predicted molar refractivity (Wildman–Crippen MR) is 67.5 cm³/mol. The average Bonchev–Trinajstić information content (AvgIpc) is 2.37. The lowest BCUT2D eigenvalue weighted by atomic mass is 10.1. The second kappa shape index (κ2) is 5.40. The van der Waals surface area contributed by atoms with E-state index in [1.807, 2.05) is 13.8 Å². The van der Waals surface area contributed by atoms with Crippen LogP contribution >= 0.6 is 12.6 Å². The minimum Gasteiger partial charge on any atom is -0.341 e. The number of hydrogen-bond donors (Lipinski definition) is 1. The van der Waals surface area contributed by atoms with Crippen LogP contribution < -0.4 is 0 Å². The molecule has 0 saturated carbocycles. The molecule has 1 aliphatic rings. The highest BCUT2D eigenvalue weighted by atomic mass is 32.2. The predicted octanol–water partition coefficient (Wildman–Crippen LogP) is 0.588. The number of hydrogen-bond acceptors (Lipinski definition) is 4. The fourth-order valence-corrected chi connectivity index (χ4v) is 3.07. The normalized spacial score (nSPS) is 22.9. The first-order chi connectivity index (χ1) is 7.33. The summed E-state index contributed by atoms with van der Waals surface area (Å²) in [5.74, 6) is 0.388. The zero-order valence-corrected chi connectivity index (χ0v) is 11.4. The van der Waals surface area contributed by atoms with Gasteiger partial charge in [0.2, 0.25) is 5.91 Å². The van der Waals surface area contributed by atoms with Crippen molar-refractivity contribution in [2.45, 2.75) is 25.5 Å².